The number of carbonyl (C=O) groups is 7. The fourth-order valence-electron chi connectivity index (χ4n) is 11.2. The van der Waals surface area contributed by atoms with Crippen molar-refractivity contribution in [1.82, 2.24) is 36.0 Å². The third-order valence-corrected chi connectivity index (χ3v) is 17.3. The van der Waals surface area contributed by atoms with E-state index in [1.54, 1.807) is 4.90 Å². The van der Waals surface area contributed by atoms with Crippen LogP contribution in [0, 0.1) is 47.4 Å². The van der Waals surface area contributed by atoms with E-state index in [-0.39, 0.29) is 115 Å². The molecule has 105 heavy (non-hydrogen) atoms. The van der Waals surface area contributed by atoms with Crippen molar-refractivity contribution < 1.29 is 77.3 Å². The van der Waals surface area contributed by atoms with Crippen LogP contribution >= 0.6 is 0 Å². The molecule has 7 N–H and O–H groups in total. The maximum Gasteiger partial charge on any atom is 0.317 e. The number of hydrogen-bond donors (Lipinski definition) is 7. The Morgan fingerprint density at radius 3 is 0.695 bits per heavy atom. The Kier molecular flexibility index (Phi) is 76.2. The second-order valence-corrected chi connectivity index (χ2v) is 26.9. The lowest BCUT2D eigenvalue weighted by Gasteiger charge is -2.28. The topological polar surface area (TPSA) is 293 Å². The van der Waals surface area contributed by atoms with Gasteiger partial charge >= 0.3 is 17.9 Å². The molecule has 0 aromatic rings. The van der Waals surface area contributed by atoms with Gasteiger partial charge in [0, 0.05) is 117 Å². The zero-order valence-electron chi connectivity index (χ0n) is 65.5. The van der Waals surface area contributed by atoms with Gasteiger partial charge in [-0.1, -0.05) is 204 Å². The first-order valence-corrected chi connectivity index (χ1v) is 40.6. The molecule has 0 spiro atoms. The number of nitrogens with one attached hydrogen (secondary N) is 4. The number of carboxylic acid groups (broad SMARTS) is 3. The van der Waals surface area contributed by atoms with Crippen molar-refractivity contribution in [1.29, 1.82) is 0 Å². The quantitative estimate of drug-likeness (QED) is 0.0220. The van der Waals surface area contributed by atoms with Gasteiger partial charge in [-0.2, -0.15) is 0 Å². The summed E-state index contributed by atoms with van der Waals surface area (Å²) in [6.07, 6.45) is 44.1. The van der Waals surface area contributed by atoms with Gasteiger partial charge in [0.05, 0.1) is 98.9 Å². The molecule has 0 aromatic carbocycles. The van der Waals surface area contributed by atoms with Crippen LogP contribution < -0.4 is 21.3 Å². The fraction of sp³-hybridized carbons (Fsp3) is 0.817. The van der Waals surface area contributed by atoms with Gasteiger partial charge in [-0.25, -0.2) is 0 Å². The van der Waals surface area contributed by atoms with Crippen LogP contribution in [0.5, 0.6) is 0 Å². The predicted octanol–water partition coefficient (Wildman–Crippen LogP) is 11.4. The first kappa shape index (κ1) is 99.2. The van der Waals surface area contributed by atoms with Crippen molar-refractivity contribution in [3.63, 3.8) is 0 Å². The SMILES string of the molecule is CCCCCCCCCCCCC#CC#CCCCCCCCCC(=O)NCCOCCOCCOCCNC(=O)CCN(CCN(CCN(CCC(=O)NCCOCCOCCOCCNC(=O)CCCCCCCCC#CC#CCCCCCCCCCCCC)CC(=O)O)CC(=O)O)CC(=O)O. The third kappa shape index (κ3) is 80.5. The third-order valence-electron chi connectivity index (χ3n) is 17.3. The predicted molar refractivity (Wildman–Crippen MR) is 416 cm³/mol. The van der Waals surface area contributed by atoms with Crippen LogP contribution in [0.2, 0.25) is 0 Å². The van der Waals surface area contributed by atoms with E-state index in [1.807, 2.05) is 0 Å². The fourth-order valence-corrected chi connectivity index (χ4v) is 11.2. The largest absolute Gasteiger partial charge is 0.480 e. The summed E-state index contributed by atoms with van der Waals surface area (Å²) < 4.78 is 33.3. The number of carbonyl (C=O) groups excluding carboxylic acids is 4. The van der Waals surface area contributed by atoms with Gasteiger partial charge in [-0.05, 0) is 62.2 Å². The standard InChI is InChI=1S/C82H143N7O16/c1-3-5-7-9-11-13-15-17-19-21-23-25-27-29-31-33-35-37-39-41-43-45-47-76(90)83-51-61-100-65-69-104-71-67-102-63-53-85-78(92)49-55-87(73-80(94)95)57-59-89(75-82(98)99)60-58-88(74-81(96)97)56-50-79(93)86-54-64-103-68-72-105-70-66-101-62-52-84-77(91)48-46-44-42-40-38-36-34-32-30-28-26-24-22-20-18-16-14-12-10-8-6-4-2/h3-24,33-75H2,1-2H3,(H,83,90)(H,84,91)(H,85,92)(H,86,93)(H,94,95)(H,96,97)(H,98,99). The second-order valence-electron chi connectivity index (χ2n) is 26.9. The van der Waals surface area contributed by atoms with Crippen LogP contribution in [0.1, 0.15) is 271 Å². The van der Waals surface area contributed by atoms with Crippen LogP contribution in [-0.4, -0.2) is 236 Å². The molecule has 23 heteroatoms. The summed E-state index contributed by atoms with van der Waals surface area (Å²) in [6, 6.07) is 0. The molecule has 23 nitrogen and oxygen atoms in total. The molecule has 0 bridgehead atoms. The first-order valence-electron chi connectivity index (χ1n) is 40.6. The summed E-state index contributed by atoms with van der Waals surface area (Å²) in [6.45, 7) is 9.27. The van der Waals surface area contributed by atoms with Gasteiger partial charge in [-0.3, -0.25) is 48.3 Å². The summed E-state index contributed by atoms with van der Waals surface area (Å²) in [5.41, 5.74) is 0. The Morgan fingerprint density at radius 1 is 0.257 bits per heavy atom. The Hall–Kier alpha value is -5.83. The van der Waals surface area contributed by atoms with E-state index in [9.17, 15) is 48.9 Å². The maximum atomic E-state index is 12.6. The molecule has 0 radical (unpaired) electrons. The molecule has 0 aliphatic rings. The summed E-state index contributed by atoms with van der Waals surface area (Å²) in [5, 5.41) is 40.1. The zero-order valence-corrected chi connectivity index (χ0v) is 65.5. The molecule has 0 aliphatic carbocycles. The Morgan fingerprint density at radius 2 is 0.457 bits per heavy atom. The van der Waals surface area contributed by atoms with E-state index >= 15 is 0 Å². The molecule has 0 saturated carbocycles. The smallest absolute Gasteiger partial charge is 0.317 e. The van der Waals surface area contributed by atoms with Crippen molar-refractivity contribution in [3.8, 4) is 47.4 Å². The Bertz CT molecular complexity index is 2240. The number of hydrogen-bond acceptors (Lipinski definition) is 16. The number of amides is 4. The molecular weight excluding hydrogens is 1340 g/mol. The molecule has 0 heterocycles. The average molecular weight is 1480 g/mol. The van der Waals surface area contributed by atoms with Gasteiger partial charge in [0.15, 0.2) is 0 Å². The number of ether oxygens (including phenoxy) is 6. The Labute approximate surface area is 634 Å². The number of unbranched alkanes of at least 4 members (excludes halogenated alkanes) is 32. The van der Waals surface area contributed by atoms with Gasteiger partial charge in [-0.15, -0.1) is 0 Å². The molecule has 602 valence electrons. The van der Waals surface area contributed by atoms with Gasteiger partial charge in [0.25, 0.3) is 0 Å². The minimum atomic E-state index is -1.13. The number of rotatable bonds is 78. The summed E-state index contributed by atoms with van der Waals surface area (Å²) in [5.74, 6) is 20.8. The van der Waals surface area contributed by atoms with Crippen molar-refractivity contribution in [2.45, 2.75) is 271 Å². The van der Waals surface area contributed by atoms with Crippen LogP contribution in [0.15, 0.2) is 0 Å². The molecule has 0 saturated heterocycles. The lowest BCUT2D eigenvalue weighted by Crippen LogP contribution is -2.45. The van der Waals surface area contributed by atoms with Crippen molar-refractivity contribution in [2.24, 2.45) is 0 Å². The zero-order chi connectivity index (χ0) is 76.5. The lowest BCUT2D eigenvalue weighted by atomic mass is 10.1. The van der Waals surface area contributed by atoms with Crippen molar-refractivity contribution >= 4 is 41.5 Å². The van der Waals surface area contributed by atoms with Crippen LogP contribution in [0.3, 0.4) is 0 Å². The highest BCUT2D eigenvalue weighted by Gasteiger charge is 2.19. The summed E-state index contributed by atoms with van der Waals surface area (Å²) in [7, 11) is 0. The molecule has 0 aromatic heterocycles. The lowest BCUT2D eigenvalue weighted by molar-refractivity contribution is -0.140. The van der Waals surface area contributed by atoms with E-state index in [0.717, 1.165) is 103 Å². The van der Waals surface area contributed by atoms with E-state index in [4.69, 9.17) is 28.4 Å². The molecular formula is C82H143N7O16. The van der Waals surface area contributed by atoms with Crippen LogP contribution in [0.4, 0.5) is 0 Å². The molecule has 0 unspecified atom stereocenters. The number of nitrogens with zero attached hydrogens (tertiary/aromatic N) is 3. The highest BCUT2D eigenvalue weighted by atomic mass is 16.5. The molecule has 4 amide bonds. The Balaban J connectivity index is 4.02. The van der Waals surface area contributed by atoms with E-state index < -0.39 is 24.5 Å². The number of carboxylic acids is 3. The highest BCUT2D eigenvalue weighted by Crippen LogP contribution is 2.14. The molecule has 0 aliphatic heterocycles. The van der Waals surface area contributed by atoms with Crippen LogP contribution in [-0.2, 0) is 62.0 Å². The number of aliphatic carboxylic acids is 3. The molecule has 0 fully saturated rings. The van der Waals surface area contributed by atoms with Gasteiger partial charge < -0.3 is 65.0 Å². The van der Waals surface area contributed by atoms with E-state index in [2.05, 4.69) is 82.5 Å². The van der Waals surface area contributed by atoms with Crippen molar-refractivity contribution in [3.05, 3.63) is 0 Å². The first-order chi connectivity index (χ1) is 51.4. The second kappa shape index (κ2) is 80.7. The average Bonchev–Trinajstić information content (AvgIpc) is 1.02. The van der Waals surface area contributed by atoms with Gasteiger partial charge in [0.2, 0.25) is 23.6 Å². The maximum absolute atomic E-state index is 12.6. The minimum Gasteiger partial charge on any atom is -0.480 e. The van der Waals surface area contributed by atoms with Gasteiger partial charge in [0.1, 0.15) is 0 Å². The monoisotopic (exact) mass is 1480 g/mol. The molecule has 0 rings (SSSR count). The van der Waals surface area contributed by atoms with E-state index in [0.29, 0.717) is 92.0 Å². The summed E-state index contributed by atoms with van der Waals surface area (Å²) in [4.78, 5) is 89.6. The summed E-state index contributed by atoms with van der Waals surface area (Å²) >= 11 is 0. The minimum absolute atomic E-state index is 0.0148. The van der Waals surface area contributed by atoms with E-state index in [1.165, 1.54) is 138 Å². The molecule has 0 atom stereocenters. The highest BCUT2D eigenvalue weighted by molar-refractivity contribution is 5.77. The normalized spacial score (nSPS) is 10.9. The van der Waals surface area contributed by atoms with Crippen LogP contribution in [0.25, 0.3) is 0 Å². The van der Waals surface area contributed by atoms with Crippen molar-refractivity contribution in [2.75, 3.05) is 164 Å².